The number of halogens is 2. The highest BCUT2D eigenvalue weighted by atomic mass is 19.3. The monoisotopic (exact) mass is 389 g/mol. The molecule has 0 aliphatic carbocycles. The Labute approximate surface area is 162 Å². The van der Waals surface area contributed by atoms with Crippen LogP contribution in [0, 0.1) is 6.92 Å². The molecule has 0 amide bonds. The molecular formula is C21H25F2N3O2. The van der Waals surface area contributed by atoms with Crippen molar-refractivity contribution < 1.29 is 13.5 Å². The van der Waals surface area contributed by atoms with Crippen LogP contribution in [0.3, 0.4) is 0 Å². The molecule has 0 N–H and O–H groups in total. The summed E-state index contributed by atoms with van der Waals surface area (Å²) in [4.78, 5) is 13.2. The van der Waals surface area contributed by atoms with Crippen LogP contribution in [0.1, 0.15) is 49.9 Å². The summed E-state index contributed by atoms with van der Waals surface area (Å²) in [5.74, 6) is 0.839. The van der Waals surface area contributed by atoms with Crippen molar-refractivity contribution in [2.24, 2.45) is 7.05 Å². The van der Waals surface area contributed by atoms with Gasteiger partial charge in [0, 0.05) is 18.3 Å². The Morgan fingerprint density at radius 3 is 2.54 bits per heavy atom. The van der Waals surface area contributed by atoms with E-state index < -0.39 is 6.61 Å². The number of rotatable bonds is 6. The van der Waals surface area contributed by atoms with Gasteiger partial charge in [-0.1, -0.05) is 20.8 Å². The zero-order valence-electron chi connectivity index (χ0n) is 16.8. The lowest BCUT2D eigenvalue weighted by atomic mass is 10.00. The highest BCUT2D eigenvalue weighted by Crippen LogP contribution is 2.29. The van der Waals surface area contributed by atoms with Crippen molar-refractivity contribution in [2.45, 2.75) is 53.1 Å². The molecule has 1 aromatic carbocycles. The number of hydrogen-bond acceptors (Lipinski definition) is 3. The van der Waals surface area contributed by atoms with Crippen LogP contribution in [0.2, 0.25) is 0 Å². The van der Waals surface area contributed by atoms with E-state index in [9.17, 15) is 13.6 Å². The lowest BCUT2D eigenvalue weighted by Gasteiger charge is -2.15. The molecule has 0 aliphatic heterocycles. The molecule has 5 nitrogen and oxygen atoms in total. The van der Waals surface area contributed by atoms with E-state index in [2.05, 4.69) is 18.6 Å². The third kappa shape index (κ3) is 3.41. The minimum Gasteiger partial charge on any atom is -0.435 e. The lowest BCUT2D eigenvalue weighted by Crippen LogP contribution is -2.24. The molecule has 0 fully saturated rings. The summed E-state index contributed by atoms with van der Waals surface area (Å²) >= 11 is 0. The molecule has 0 spiro atoms. The third-order valence-electron chi connectivity index (χ3n) is 5.27. The van der Waals surface area contributed by atoms with Gasteiger partial charge in [-0.3, -0.25) is 9.36 Å². The number of aromatic nitrogens is 3. The van der Waals surface area contributed by atoms with E-state index in [-0.39, 0.29) is 17.2 Å². The van der Waals surface area contributed by atoms with E-state index in [1.807, 2.05) is 19.9 Å². The number of aryl methyl sites for hydroxylation is 2. The van der Waals surface area contributed by atoms with Crippen molar-refractivity contribution in [3.05, 3.63) is 51.4 Å². The Morgan fingerprint density at radius 2 is 1.93 bits per heavy atom. The minimum absolute atomic E-state index is 0.0953. The van der Waals surface area contributed by atoms with Crippen molar-refractivity contribution >= 4 is 5.52 Å². The van der Waals surface area contributed by atoms with Gasteiger partial charge in [0.2, 0.25) is 0 Å². The smallest absolute Gasteiger partial charge is 0.387 e. The van der Waals surface area contributed by atoms with Crippen molar-refractivity contribution in [1.82, 2.24) is 14.2 Å². The third-order valence-corrected chi connectivity index (χ3v) is 5.27. The van der Waals surface area contributed by atoms with E-state index in [4.69, 9.17) is 5.10 Å². The lowest BCUT2D eigenvalue weighted by molar-refractivity contribution is -0.0498. The molecule has 3 aromatic rings. The molecule has 0 saturated heterocycles. The maximum Gasteiger partial charge on any atom is 0.387 e. The van der Waals surface area contributed by atoms with Crippen molar-refractivity contribution in [3.63, 3.8) is 0 Å². The van der Waals surface area contributed by atoms with E-state index in [1.54, 1.807) is 23.7 Å². The summed E-state index contributed by atoms with van der Waals surface area (Å²) in [6, 6.07) is 6.75. The summed E-state index contributed by atoms with van der Waals surface area (Å²) in [5, 5.41) is 4.73. The van der Waals surface area contributed by atoms with Gasteiger partial charge in [-0.2, -0.15) is 8.78 Å². The van der Waals surface area contributed by atoms with Gasteiger partial charge in [0.25, 0.3) is 5.56 Å². The largest absolute Gasteiger partial charge is 0.435 e. The second-order valence-electron chi connectivity index (χ2n) is 7.05. The minimum atomic E-state index is -2.88. The molecule has 0 radical (unpaired) electrons. The summed E-state index contributed by atoms with van der Waals surface area (Å²) in [6.07, 6.45) is 1.52. The Hall–Kier alpha value is -2.70. The predicted octanol–water partition coefficient (Wildman–Crippen LogP) is 4.69. The molecule has 1 atom stereocenters. The first kappa shape index (κ1) is 20.0. The molecule has 1 unspecified atom stereocenters. The normalized spacial score (nSPS) is 12.7. The van der Waals surface area contributed by atoms with Crippen LogP contribution >= 0.6 is 0 Å². The molecule has 0 bridgehead atoms. The van der Waals surface area contributed by atoms with Gasteiger partial charge in [-0.15, -0.1) is 5.10 Å². The molecule has 7 heteroatoms. The van der Waals surface area contributed by atoms with Crippen LogP contribution < -0.4 is 10.3 Å². The average Bonchev–Trinajstić information content (AvgIpc) is 3.00. The van der Waals surface area contributed by atoms with E-state index >= 15 is 0 Å². The van der Waals surface area contributed by atoms with Gasteiger partial charge >= 0.3 is 6.61 Å². The summed E-state index contributed by atoms with van der Waals surface area (Å²) in [6.45, 7) is 5.15. The standard InChI is InChI=1S/C21H25F2N3O2/c1-6-12(3)17-10-13(4)26-18(17)20(27)25(5)19(24-26)16-9-8-15(28-21(22)23)11-14(16)7-2/h8-12,21H,6-7H2,1-5H3. The maximum absolute atomic E-state index is 13.2. The van der Waals surface area contributed by atoms with Gasteiger partial charge in [-0.05, 0) is 61.1 Å². The number of alkyl halides is 2. The van der Waals surface area contributed by atoms with Gasteiger partial charge in [0.1, 0.15) is 11.3 Å². The van der Waals surface area contributed by atoms with Crippen LogP contribution in [0.4, 0.5) is 8.78 Å². The average molecular weight is 389 g/mol. The van der Waals surface area contributed by atoms with E-state index in [1.165, 1.54) is 10.6 Å². The van der Waals surface area contributed by atoms with Gasteiger partial charge in [0.05, 0.1) is 0 Å². The topological polar surface area (TPSA) is 48.5 Å². The summed E-state index contributed by atoms with van der Waals surface area (Å²) in [5.41, 5.74) is 3.86. The summed E-state index contributed by atoms with van der Waals surface area (Å²) < 4.78 is 32.8. The molecule has 150 valence electrons. The number of nitrogens with zero attached hydrogens (tertiary/aromatic N) is 3. The van der Waals surface area contributed by atoms with Crippen molar-refractivity contribution in [3.8, 4) is 17.1 Å². The number of fused-ring (bicyclic) bond motifs is 1. The first-order valence-electron chi connectivity index (χ1n) is 9.45. The van der Waals surface area contributed by atoms with Crippen LogP contribution in [0.15, 0.2) is 29.1 Å². The fourth-order valence-corrected chi connectivity index (χ4v) is 3.50. The van der Waals surface area contributed by atoms with E-state index in [0.717, 1.165) is 28.8 Å². The first-order chi connectivity index (χ1) is 13.3. The van der Waals surface area contributed by atoms with Crippen LogP contribution in [-0.2, 0) is 13.5 Å². The molecule has 2 aromatic heterocycles. The fraction of sp³-hybridized carbons (Fsp3) is 0.429. The number of benzene rings is 1. The fourth-order valence-electron chi connectivity index (χ4n) is 3.50. The van der Waals surface area contributed by atoms with Gasteiger partial charge in [-0.25, -0.2) is 4.52 Å². The zero-order chi connectivity index (χ0) is 20.6. The van der Waals surface area contributed by atoms with Crippen LogP contribution in [0.25, 0.3) is 16.9 Å². The number of hydrogen-bond donors (Lipinski definition) is 0. The molecule has 0 aliphatic rings. The second-order valence-corrected chi connectivity index (χ2v) is 7.05. The molecule has 28 heavy (non-hydrogen) atoms. The van der Waals surface area contributed by atoms with Crippen LogP contribution in [-0.4, -0.2) is 20.8 Å². The van der Waals surface area contributed by atoms with Gasteiger partial charge in [0.15, 0.2) is 5.82 Å². The quantitative estimate of drug-likeness (QED) is 0.615. The van der Waals surface area contributed by atoms with Crippen molar-refractivity contribution in [2.75, 3.05) is 0 Å². The second kappa shape index (κ2) is 7.73. The molecular weight excluding hydrogens is 364 g/mol. The Bertz CT molecular complexity index is 1070. The maximum atomic E-state index is 13.2. The van der Waals surface area contributed by atoms with Crippen LogP contribution in [0.5, 0.6) is 5.75 Å². The molecule has 0 saturated carbocycles. The Balaban J connectivity index is 2.24. The first-order valence-corrected chi connectivity index (χ1v) is 9.45. The highest BCUT2D eigenvalue weighted by Gasteiger charge is 2.20. The molecule has 3 rings (SSSR count). The molecule has 2 heterocycles. The predicted molar refractivity (Wildman–Crippen MR) is 105 cm³/mol. The number of ether oxygens (including phenoxy) is 1. The SMILES string of the molecule is CCc1cc(OC(F)F)ccc1-c1nn2c(C)cc(C(C)CC)c2c(=O)n1C. The van der Waals surface area contributed by atoms with E-state index in [0.29, 0.717) is 17.8 Å². The zero-order valence-corrected chi connectivity index (χ0v) is 16.8. The Morgan fingerprint density at radius 1 is 1.21 bits per heavy atom. The van der Waals surface area contributed by atoms with Crippen molar-refractivity contribution in [1.29, 1.82) is 0 Å². The van der Waals surface area contributed by atoms with Gasteiger partial charge < -0.3 is 4.74 Å². The summed E-state index contributed by atoms with van der Waals surface area (Å²) in [7, 11) is 1.69. The highest BCUT2D eigenvalue weighted by molar-refractivity contribution is 5.65. The Kier molecular flexibility index (Phi) is 5.54.